The Kier molecular flexibility index (Phi) is 9.21. The standard InChI is InChI=1S/C9H20Br2O6P2/c1-5-14-18(12,15-6-2)9(10,11)19(13,16-7-3)17-8-4/h5-8H2,1-4H3. The molecule has 0 aromatic rings. The summed E-state index contributed by atoms with van der Waals surface area (Å²) in [6.07, 6.45) is 0. The molecule has 0 amide bonds. The lowest BCUT2D eigenvalue weighted by Gasteiger charge is -2.33. The van der Waals surface area contributed by atoms with Crippen molar-refractivity contribution in [2.75, 3.05) is 26.4 Å². The summed E-state index contributed by atoms with van der Waals surface area (Å²) >= 11 is 6.24. The molecule has 0 rings (SSSR count). The molecule has 0 aromatic carbocycles. The Morgan fingerprint density at radius 2 is 0.947 bits per heavy atom. The van der Waals surface area contributed by atoms with Crippen LogP contribution in [-0.4, -0.2) is 29.1 Å². The number of halogens is 2. The maximum absolute atomic E-state index is 12.8. The van der Waals surface area contributed by atoms with Gasteiger partial charge in [0, 0.05) is 0 Å². The molecule has 0 aliphatic heterocycles. The van der Waals surface area contributed by atoms with Crippen molar-refractivity contribution in [3.05, 3.63) is 0 Å². The predicted molar refractivity (Wildman–Crippen MR) is 82.3 cm³/mol. The van der Waals surface area contributed by atoms with E-state index < -0.39 is 17.9 Å². The molecule has 10 heteroatoms. The van der Waals surface area contributed by atoms with Crippen molar-refractivity contribution in [1.82, 2.24) is 0 Å². The number of hydrogen-bond donors (Lipinski definition) is 0. The molecule has 0 fully saturated rings. The average molecular weight is 446 g/mol. The molecular weight excluding hydrogens is 426 g/mol. The van der Waals surface area contributed by atoms with Gasteiger partial charge in [0.15, 0.2) is 0 Å². The summed E-state index contributed by atoms with van der Waals surface area (Å²) in [7, 11) is -7.57. The quantitative estimate of drug-likeness (QED) is 0.351. The number of hydrogen-bond acceptors (Lipinski definition) is 6. The fourth-order valence-corrected chi connectivity index (χ4v) is 7.69. The molecule has 0 N–H and O–H groups in total. The molecule has 0 bridgehead atoms. The predicted octanol–water partition coefficient (Wildman–Crippen LogP) is 4.92. The van der Waals surface area contributed by atoms with Crippen molar-refractivity contribution < 1.29 is 27.2 Å². The summed E-state index contributed by atoms with van der Waals surface area (Å²) < 4.78 is 44.5. The maximum atomic E-state index is 12.8. The van der Waals surface area contributed by atoms with Crippen LogP contribution in [0.15, 0.2) is 0 Å². The van der Waals surface area contributed by atoms with Gasteiger partial charge in [0.2, 0.25) is 0 Å². The SMILES string of the molecule is CCOP(=O)(OCC)C(Br)(Br)P(=O)(OCC)OCC. The zero-order valence-electron chi connectivity index (χ0n) is 11.4. The van der Waals surface area contributed by atoms with Gasteiger partial charge >= 0.3 is 15.2 Å². The van der Waals surface area contributed by atoms with E-state index in [0.717, 1.165) is 0 Å². The van der Waals surface area contributed by atoms with Gasteiger partial charge in [0.05, 0.1) is 26.4 Å². The Morgan fingerprint density at radius 1 is 0.737 bits per heavy atom. The Balaban J connectivity index is 5.59. The zero-order valence-corrected chi connectivity index (χ0v) is 16.4. The van der Waals surface area contributed by atoms with Crippen molar-refractivity contribution in [2.24, 2.45) is 0 Å². The van der Waals surface area contributed by atoms with Gasteiger partial charge in [0.1, 0.15) is 0 Å². The van der Waals surface area contributed by atoms with E-state index in [1.165, 1.54) is 0 Å². The van der Waals surface area contributed by atoms with Gasteiger partial charge in [0.25, 0.3) is 2.72 Å². The smallest absolute Gasteiger partial charge is 0.307 e. The highest BCUT2D eigenvalue weighted by atomic mass is 79.9. The minimum Gasteiger partial charge on any atom is -0.307 e. The molecule has 0 radical (unpaired) electrons. The van der Waals surface area contributed by atoms with Crippen molar-refractivity contribution in [3.8, 4) is 0 Å². The lowest BCUT2D eigenvalue weighted by atomic mass is 10.9. The fraction of sp³-hybridized carbons (Fsp3) is 1.00. The van der Waals surface area contributed by atoms with Gasteiger partial charge in [-0.05, 0) is 59.6 Å². The van der Waals surface area contributed by atoms with Gasteiger partial charge in [-0.3, -0.25) is 9.13 Å². The first kappa shape index (κ1) is 20.3. The molecule has 0 spiro atoms. The topological polar surface area (TPSA) is 71.1 Å². The maximum Gasteiger partial charge on any atom is 0.370 e. The summed E-state index contributed by atoms with van der Waals surface area (Å²) in [6, 6.07) is 0. The van der Waals surface area contributed by atoms with Gasteiger partial charge in [-0.2, -0.15) is 0 Å². The van der Waals surface area contributed by atoms with E-state index in [1.54, 1.807) is 27.7 Å². The molecule has 0 heterocycles. The van der Waals surface area contributed by atoms with Crippen LogP contribution in [0, 0.1) is 0 Å². The van der Waals surface area contributed by atoms with E-state index in [2.05, 4.69) is 31.9 Å². The molecule has 116 valence electrons. The van der Waals surface area contributed by atoms with Gasteiger partial charge in [-0.25, -0.2) is 0 Å². The Hall–Kier alpha value is 1.26. The second-order valence-electron chi connectivity index (χ2n) is 3.18. The van der Waals surface area contributed by atoms with E-state index in [1.807, 2.05) is 0 Å². The van der Waals surface area contributed by atoms with Crippen molar-refractivity contribution in [2.45, 2.75) is 30.4 Å². The number of alkyl halides is 2. The van der Waals surface area contributed by atoms with Crippen LogP contribution in [0.5, 0.6) is 0 Å². The zero-order chi connectivity index (χ0) is 15.2. The van der Waals surface area contributed by atoms with E-state index >= 15 is 0 Å². The van der Waals surface area contributed by atoms with Crippen LogP contribution < -0.4 is 0 Å². The first-order chi connectivity index (χ1) is 8.74. The van der Waals surface area contributed by atoms with E-state index in [9.17, 15) is 9.13 Å². The molecule has 0 saturated heterocycles. The van der Waals surface area contributed by atoms with E-state index in [-0.39, 0.29) is 26.4 Å². The second-order valence-corrected chi connectivity index (χ2v) is 13.8. The van der Waals surface area contributed by atoms with E-state index in [4.69, 9.17) is 18.1 Å². The summed E-state index contributed by atoms with van der Waals surface area (Å²) in [5.74, 6) is 0. The second kappa shape index (κ2) is 8.64. The van der Waals surface area contributed by atoms with Crippen LogP contribution in [-0.2, 0) is 27.2 Å². The third kappa shape index (κ3) is 4.62. The Morgan fingerprint density at radius 3 is 1.11 bits per heavy atom. The van der Waals surface area contributed by atoms with Crippen LogP contribution in [0.2, 0.25) is 0 Å². The normalized spacial score (nSPS) is 13.8. The third-order valence-corrected chi connectivity index (χ3v) is 12.2. The van der Waals surface area contributed by atoms with Crippen LogP contribution >= 0.6 is 47.1 Å². The number of rotatable bonds is 10. The van der Waals surface area contributed by atoms with Crippen molar-refractivity contribution in [3.63, 3.8) is 0 Å². The summed E-state index contributed by atoms with van der Waals surface area (Å²) in [6.45, 7) is 7.18. The molecule has 6 nitrogen and oxygen atoms in total. The average Bonchev–Trinajstić information content (AvgIpc) is 2.29. The lowest BCUT2D eigenvalue weighted by molar-refractivity contribution is 0.202. The highest BCUT2D eigenvalue weighted by molar-refractivity contribution is 9.29. The summed E-state index contributed by atoms with van der Waals surface area (Å²) in [4.78, 5) is 0. The van der Waals surface area contributed by atoms with Gasteiger partial charge < -0.3 is 18.1 Å². The lowest BCUT2D eigenvalue weighted by Crippen LogP contribution is -2.20. The van der Waals surface area contributed by atoms with Crippen LogP contribution in [0.25, 0.3) is 0 Å². The minimum absolute atomic E-state index is 0.133. The molecule has 19 heavy (non-hydrogen) atoms. The molecule has 0 unspecified atom stereocenters. The summed E-state index contributed by atoms with van der Waals surface area (Å²) in [5, 5.41) is 0. The van der Waals surface area contributed by atoms with Gasteiger partial charge in [-0.1, -0.05) is 0 Å². The largest absolute Gasteiger partial charge is 0.370 e. The van der Waals surface area contributed by atoms with E-state index in [0.29, 0.717) is 0 Å². The van der Waals surface area contributed by atoms with Crippen molar-refractivity contribution in [1.29, 1.82) is 0 Å². The Bertz CT molecular complexity index is 311. The molecule has 0 atom stereocenters. The first-order valence-corrected chi connectivity index (χ1v) is 10.6. The first-order valence-electron chi connectivity index (χ1n) is 5.90. The van der Waals surface area contributed by atoms with Crippen molar-refractivity contribution >= 4 is 47.1 Å². The molecule has 0 saturated carbocycles. The summed E-state index contributed by atoms with van der Waals surface area (Å²) in [5.41, 5.74) is 0. The monoisotopic (exact) mass is 444 g/mol. The highest BCUT2D eigenvalue weighted by Crippen LogP contribution is 2.83. The fourth-order valence-electron chi connectivity index (χ4n) is 1.22. The van der Waals surface area contributed by atoms with Crippen LogP contribution in [0.1, 0.15) is 27.7 Å². The molecule has 0 aliphatic carbocycles. The van der Waals surface area contributed by atoms with Crippen LogP contribution in [0.3, 0.4) is 0 Å². The van der Waals surface area contributed by atoms with Crippen LogP contribution in [0.4, 0.5) is 0 Å². The highest BCUT2D eigenvalue weighted by Gasteiger charge is 2.62. The molecule has 0 aromatic heterocycles. The van der Waals surface area contributed by atoms with Gasteiger partial charge in [-0.15, -0.1) is 0 Å². The Labute approximate surface area is 131 Å². The molecular formula is C9H20Br2O6P2. The third-order valence-electron chi connectivity index (χ3n) is 1.86. The minimum atomic E-state index is -3.78. The molecule has 0 aliphatic rings.